The Morgan fingerprint density at radius 2 is 1.85 bits per heavy atom. The number of benzene rings is 1. The quantitative estimate of drug-likeness (QED) is 0.764. The lowest BCUT2D eigenvalue weighted by molar-refractivity contribution is -0.00500. The summed E-state index contributed by atoms with van der Waals surface area (Å²) in [6.45, 7) is 2.81. The Hall–Kier alpha value is -2.14. The monoisotopic (exact) mass is 353 g/mol. The van der Waals surface area contributed by atoms with Crippen molar-refractivity contribution in [2.45, 2.75) is 31.8 Å². The van der Waals surface area contributed by atoms with Crippen molar-refractivity contribution in [1.82, 2.24) is 9.97 Å². The third-order valence-electron chi connectivity index (χ3n) is 5.40. The Morgan fingerprint density at radius 1 is 1.08 bits per heavy atom. The minimum Gasteiger partial charge on any atom is -0.497 e. The number of anilines is 1. The van der Waals surface area contributed by atoms with E-state index in [-0.39, 0.29) is 0 Å². The van der Waals surface area contributed by atoms with Crippen LogP contribution in [0.4, 0.5) is 5.95 Å². The lowest BCUT2D eigenvalue weighted by Crippen LogP contribution is -2.46. The second-order valence-corrected chi connectivity index (χ2v) is 7.41. The summed E-state index contributed by atoms with van der Waals surface area (Å²) in [4.78, 5) is 11.2. The van der Waals surface area contributed by atoms with Gasteiger partial charge in [-0.2, -0.15) is 0 Å². The molecule has 138 valence electrons. The summed E-state index contributed by atoms with van der Waals surface area (Å²) in [6.07, 6.45) is 8.65. The number of aromatic nitrogens is 2. The Kier molecular flexibility index (Phi) is 5.34. The van der Waals surface area contributed by atoms with Crippen molar-refractivity contribution in [3.63, 3.8) is 0 Å². The molecular formula is C21H27N3O2. The van der Waals surface area contributed by atoms with Gasteiger partial charge >= 0.3 is 0 Å². The van der Waals surface area contributed by atoms with Crippen LogP contribution < -0.4 is 9.64 Å². The summed E-state index contributed by atoms with van der Waals surface area (Å²) < 4.78 is 11.6. The van der Waals surface area contributed by atoms with Crippen LogP contribution in [0.2, 0.25) is 0 Å². The molecule has 1 aliphatic heterocycles. The SMILES string of the molecule is COc1ccc(C[C@H]2CN(c3ncccn3)CC[C@H]2OCC2CC2)cc1. The Labute approximate surface area is 155 Å². The van der Waals surface area contributed by atoms with E-state index in [1.54, 1.807) is 7.11 Å². The number of piperidine rings is 1. The van der Waals surface area contributed by atoms with Crippen LogP contribution in [0.25, 0.3) is 0 Å². The predicted octanol–water partition coefficient (Wildman–Crippen LogP) is 3.35. The van der Waals surface area contributed by atoms with Gasteiger partial charge < -0.3 is 14.4 Å². The van der Waals surface area contributed by atoms with E-state index in [9.17, 15) is 0 Å². The van der Waals surface area contributed by atoms with Gasteiger partial charge in [0, 0.05) is 38.0 Å². The molecule has 1 aliphatic carbocycles. The first-order valence-electron chi connectivity index (χ1n) is 9.58. The van der Waals surface area contributed by atoms with Crippen molar-refractivity contribution in [1.29, 1.82) is 0 Å². The fourth-order valence-corrected chi connectivity index (χ4v) is 3.67. The van der Waals surface area contributed by atoms with Gasteiger partial charge in [-0.05, 0) is 55.4 Å². The standard InChI is InChI=1S/C21H27N3O2/c1-25-19-7-5-16(6-8-19)13-18-14-24(21-22-10-2-11-23-21)12-9-20(18)26-15-17-3-4-17/h2,5-8,10-11,17-18,20H,3-4,9,12-15H2,1H3/t18-,20+/m0/s1. The normalized spacial score (nSPS) is 23.0. The fourth-order valence-electron chi connectivity index (χ4n) is 3.67. The molecule has 0 N–H and O–H groups in total. The molecule has 1 saturated heterocycles. The molecule has 4 rings (SSSR count). The van der Waals surface area contributed by atoms with E-state index in [2.05, 4.69) is 27.0 Å². The number of nitrogens with zero attached hydrogens (tertiary/aromatic N) is 3. The van der Waals surface area contributed by atoms with Crippen LogP contribution in [-0.4, -0.2) is 42.9 Å². The molecule has 2 aromatic rings. The number of ether oxygens (including phenoxy) is 2. The second-order valence-electron chi connectivity index (χ2n) is 7.41. The number of methoxy groups -OCH3 is 1. The van der Waals surface area contributed by atoms with Crippen molar-refractivity contribution in [3.8, 4) is 5.75 Å². The summed E-state index contributed by atoms with van der Waals surface area (Å²) in [5, 5.41) is 0. The molecule has 2 fully saturated rings. The maximum Gasteiger partial charge on any atom is 0.225 e. The molecule has 0 unspecified atom stereocenters. The van der Waals surface area contributed by atoms with E-state index >= 15 is 0 Å². The molecular weight excluding hydrogens is 326 g/mol. The van der Waals surface area contributed by atoms with Crippen LogP contribution in [0.5, 0.6) is 5.75 Å². The van der Waals surface area contributed by atoms with Gasteiger partial charge in [-0.25, -0.2) is 9.97 Å². The zero-order chi connectivity index (χ0) is 17.8. The second kappa shape index (κ2) is 8.04. The molecule has 0 bridgehead atoms. The van der Waals surface area contributed by atoms with Gasteiger partial charge in [-0.3, -0.25) is 0 Å². The van der Waals surface area contributed by atoms with E-state index < -0.39 is 0 Å². The predicted molar refractivity (Wildman–Crippen MR) is 102 cm³/mol. The van der Waals surface area contributed by atoms with E-state index in [1.165, 1.54) is 18.4 Å². The first kappa shape index (κ1) is 17.3. The summed E-state index contributed by atoms with van der Waals surface area (Å²) in [7, 11) is 1.70. The highest BCUT2D eigenvalue weighted by Crippen LogP contribution is 2.32. The van der Waals surface area contributed by atoms with Crippen molar-refractivity contribution >= 4 is 5.95 Å². The molecule has 0 spiro atoms. The van der Waals surface area contributed by atoms with E-state index in [4.69, 9.17) is 9.47 Å². The van der Waals surface area contributed by atoms with E-state index in [1.807, 2.05) is 30.6 Å². The molecule has 2 atom stereocenters. The smallest absolute Gasteiger partial charge is 0.225 e. The van der Waals surface area contributed by atoms with Crippen molar-refractivity contribution in [2.75, 3.05) is 31.7 Å². The van der Waals surface area contributed by atoms with Gasteiger partial charge in [-0.15, -0.1) is 0 Å². The summed E-state index contributed by atoms with van der Waals surface area (Å²) in [5.74, 6) is 2.97. The minimum atomic E-state index is 0.317. The molecule has 1 aromatic carbocycles. The highest BCUT2D eigenvalue weighted by Gasteiger charge is 2.33. The van der Waals surface area contributed by atoms with Crippen LogP contribution in [0.15, 0.2) is 42.7 Å². The number of hydrogen-bond donors (Lipinski definition) is 0. The Morgan fingerprint density at radius 3 is 2.54 bits per heavy atom. The van der Waals surface area contributed by atoms with Crippen molar-refractivity contribution < 1.29 is 9.47 Å². The van der Waals surface area contributed by atoms with Crippen LogP contribution in [0, 0.1) is 11.8 Å². The first-order valence-corrected chi connectivity index (χ1v) is 9.58. The molecule has 2 heterocycles. The van der Waals surface area contributed by atoms with Gasteiger partial charge in [0.2, 0.25) is 5.95 Å². The number of hydrogen-bond acceptors (Lipinski definition) is 5. The van der Waals surface area contributed by atoms with Gasteiger partial charge in [0.15, 0.2) is 0 Å². The maximum absolute atomic E-state index is 6.33. The van der Waals surface area contributed by atoms with Crippen LogP contribution in [0.3, 0.4) is 0 Å². The van der Waals surface area contributed by atoms with Gasteiger partial charge in [0.05, 0.1) is 13.2 Å². The molecule has 26 heavy (non-hydrogen) atoms. The topological polar surface area (TPSA) is 47.5 Å². The van der Waals surface area contributed by atoms with Gasteiger partial charge in [0.1, 0.15) is 5.75 Å². The summed E-state index contributed by atoms with van der Waals surface area (Å²) in [6, 6.07) is 10.3. The Bertz CT molecular complexity index is 688. The first-order chi connectivity index (χ1) is 12.8. The number of rotatable bonds is 7. The zero-order valence-electron chi connectivity index (χ0n) is 15.4. The zero-order valence-corrected chi connectivity index (χ0v) is 15.4. The van der Waals surface area contributed by atoms with E-state index in [0.29, 0.717) is 12.0 Å². The molecule has 0 amide bonds. The average molecular weight is 353 g/mol. The lowest BCUT2D eigenvalue weighted by Gasteiger charge is -2.38. The molecule has 0 radical (unpaired) electrons. The molecule has 1 saturated carbocycles. The highest BCUT2D eigenvalue weighted by atomic mass is 16.5. The largest absolute Gasteiger partial charge is 0.497 e. The molecule has 1 aromatic heterocycles. The summed E-state index contributed by atoms with van der Waals surface area (Å²) >= 11 is 0. The third-order valence-corrected chi connectivity index (χ3v) is 5.40. The average Bonchev–Trinajstić information content (AvgIpc) is 3.53. The molecule has 5 heteroatoms. The van der Waals surface area contributed by atoms with Gasteiger partial charge in [0.25, 0.3) is 0 Å². The minimum absolute atomic E-state index is 0.317. The summed E-state index contributed by atoms with van der Waals surface area (Å²) in [5.41, 5.74) is 1.33. The maximum atomic E-state index is 6.33. The van der Waals surface area contributed by atoms with Crippen LogP contribution in [-0.2, 0) is 11.2 Å². The fraction of sp³-hybridized carbons (Fsp3) is 0.524. The molecule has 2 aliphatic rings. The Balaban J connectivity index is 1.46. The highest BCUT2D eigenvalue weighted by molar-refractivity contribution is 5.31. The van der Waals surface area contributed by atoms with Crippen LogP contribution in [0.1, 0.15) is 24.8 Å². The molecule has 5 nitrogen and oxygen atoms in total. The third kappa shape index (κ3) is 4.33. The van der Waals surface area contributed by atoms with E-state index in [0.717, 1.165) is 50.2 Å². The van der Waals surface area contributed by atoms with Crippen molar-refractivity contribution in [2.24, 2.45) is 11.8 Å². The van der Waals surface area contributed by atoms with Crippen molar-refractivity contribution in [3.05, 3.63) is 48.3 Å². The van der Waals surface area contributed by atoms with Gasteiger partial charge in [-0.1, -0.05) is 12.1 Å². The van der Waals surface area contributed by atoms with Crippen LogP contribution >= 0.6 is 0 Å². The lowest BCUT2D eigenvalue weighted by atomic mass is 9.88.